The number of anilines is 1. The molecule has 7 heteroatoms. The van der Waals surface area contributed by atoms with Gasteiger partial charge < -0.3 is 20.1 Å². The number of ether oxygens (including phenoxy) is 2. The minimum atomic E-state index is -0.600. The summed E-state index contributed by atoms with van der Waals surface area (Å²) in [6, 6.07) is 8.32. The zero-order valence-electron chi connectivity index (χ0n) is 14.5. The predicted molar refractivity (Wildman–Crippen MR) is 93.8 cm³/mol. The van der Waals surface area contributed by atoms with Crippen LogP contribution in [0.1, 0.15) is 30.6 Å². The van der Waals surface area contributed by atoms with Crippen molar-refractivity contribution in [1.82, 2.24) is 5.32 Å². The molecule has 2 N–H and O–H groups in total. The minimum Gasteiger partial charge on any atom is -0.462 e. The molecule has 1 aromatic carbocycles. The first-order valence-electron chi connectivity index (χ1n) is 8.12. The molecule has 0 aliphatic carbocycles. The van der Waals surface area contributed by atoms with Crippen LogP contribution < -0.4 is 10.6 Å². The molecular formula is C18H23N3O4. The van der Waals surface area contributed by atoms with Crippen molar-refractivity contribution in [3.8, 4) is 6.07 Å². The number of nitriles is 1. The van der Waals surface area contributed by atoms with Gasteiger partial charge in [-0.1, -0.05) is 12.1 Å². The molecule has 0 bridgehead atoms. The molecule has 0 aliphatic rings. The standard InChI is InChI=1S/C18H23N3O4/c1-3-24-11-7-10-20-13-14(12-19)17(22)21-16-9-6-5-8-15(16)18(23)25-4-2/h5-6,8-9,13,20H,3-4,7,10-11H2,1-2H3,(H,21,22)/b14-13-. The summed E-state index contributed by atoms with van der Waals surface area (Å²) in [5, 5.41) is 14.6. The average molecular weight is 345 g/mol. The summed E-state index contributed by atoms with van der Waals surface area (Å²) in [5.74, 6) is -1.13. The number of nitrogens with one attached hydrogen (secondary N) is 2. The molecule has 1 amide bonds. The average Bonchev–Trinajstić information content (AvgIpc) is 2.61. The summed E-state index contributed by atoms with van der Waals surface area (Å²) in [6.45, 7) is 5.69. The number of para-hydroxylation sites is 1. The van der Waals surface area contributed by atoms with Crippen LogP contribution in [0.4, 0.5) is 5.69 Å². The summed E-state index contributed by atoms with van der Waals surface area (Å²) >= 11 is 0. The Morgan fingerprint density at radius 1 is 1.24 bits per heavy atom. The van der Waals surface area contributed by atoms with Crippen LogP contribution in [0.25, 0.3) is 0 Å². The maximum absolute atomic E-state index is 12.2. The molecule has 0 fully saturated rings. The molecule has 0 aromatic heterocycles. The van der Waals surface area contributed by atoms with E-state index in [4.69, 9.17) is 14.7 Å². The third-order valence-corrected chi connectivity index (χ3v) is 3.10. The van der Waals surface area contributed by atoms with Gasteiger partial charge in [0.05, 0.1) is 17.9 Å². The third kappa shape index (κ3) is 7.06. The zero-order valence-corrected chi connectivity index (χ0v) is 14.5. The molecule has 0 spiro atoms. The van der Waals surface area contributed by atoms with Gasteiger partial charge in [-0.25, -0.2) is 4.79 Å². The first kappa shape index (κ1) is 20.2. The Kier molecular flexibility index (Phi) is 9.41. The summed E-state index contributed by atoms with van der Waals surface area (Å²) in [4.78, 5) is 24.1. The van der Waals surface area contributed by atoms with E-state index in [-0.39, 0.29) is 17.7 Å². The van der Waals surface area contributed by atoms with Gasteiger partial charge in [0, 0.05) is 26.0 Å². The van der Waals surface area contributed by atoms with Gasteiger partial charge in [0.2, 0.25) is 0 Å². The molecule has 0 radical (unpaired) electrons. The second-order valence-electron chi connectivity index (χ2n) is 4.89. The van der Waals surface area contributed by atoms with Crippen molar-refractivity contribution in [1.29, 1.82) is 5.26 Å². The highest BCUT2D eigenvalue weighted by molar-refractivity contribution is 6.09. The molecule has 0 heterocycles. The first-order chi connectivity index (χ1) is 12.1. The van der Waals surface area contributed by atoms with E-state index in [1.54, 1.807) is 31.2 Å². The number of rotatable bonds is 10. The van der Waals surface area contributed by atoms with Crippen LogP contribution in [0, 0.1) is 11.3 Å². The number of benzene rings is 1. The number of carbonyl (C=O) groups excluding carboxylic acids is 2. The van der Waals surface area contributed by atoms with Crippen LogP contribution in [-0.4, -0.2) is 38.2 Å². The molecule has 0 saturated heterocycles. The van der Waals surface area contributed by atoms with E-state index in [0.717, 1.165) is 6.42 Å². The quantitative estimate of drug-likeness (QED) is 0.292. The van der Waals surface area contributed by atoms with E-state index >= 15 is 0 Å². The van der Waals surface area contributed by atoms with Crippen LogP contribution in [0.2, 0.25) is 0 Å². The minimum absolute atomic E-state index is 0.0879. The number of amides is 1. The molecule has 1 rings (SSSR count). The molecule has 0 saturated carbocycles. The number of esters is 1. The maximum atomic E-state index is 12.2. The Morgan fingerprint density at radius 2 is 2.00 bits per heavy atom. The van der Waals surface area contributed by atoms with E-state index in [0.29, 0.717) is 25.4 Å². The summed E-state index contributed by atoms with van der Waals surface area (Å²) < 4.78 is 10.2. The van der Waals surface area contributed by atoms with Crippen molar-refractivity contribution in [2.45, 2.75) is 20.3 Å². The van der Waals surface area contributed by atoms with Crippen molar-refractivity contribution in [3.05, 3.63) is 41.6 Å². The SMILES string of the molecule is CCOCCCN/C=C(/C#N)C(=O)Nc1ccccc1C(=O)OCC. The third-order valence-electron chi connectivity index (χ3n) is 3.10. The smallest absolute Gasteiger partial charge is 0.340 e. The summed E-state index contributed by atoms with van der Waals surface area (Å²) in [6.07, 6.45) is 2.12. The topological polar surface area (TPSA) is 100 Å². The largest absolute Gasteiger partial charge is 0.462 e. The van der Waals surface area contributed by atoms with Crippen LogP contribution >= 0.6 is 0 Å². The lowest BCUT2D eigenvalue weighted by Crippen LogP contribution is -2.19. The maximum Gasteiger partial charge on any atom is 0.340 e. The van der Waals surface area contributed by atoms with E-state index < -0.39 is 11.9 Å². The fraction of sp³-hybridized carbons (Fsp3) is 0.389. The number of carbonyl (C=O) groups is 2. The number of hydrogen-bond acceptors (Lipinski definition) is 6. The Hall–Kier alpha value is -2.85. The monoisotopic (exact) mass is 345 g/mol. The van der Waals surface area contributed by atoms with E-state index in [2.05, 4.69) is 10.6 Å². The summed E-state index contributed by atoms with van der Waals surface area (Å²) in [5.41, 5.74) is 0.443. The van der Waals surface area contributed by atoms with E-state index in [1.165, 1.54) is 6.20 Å². The zero-order chi connectivity index (χ0) is 18.5. The Labute approximate surface area is 147 Å². The lowest BCUT2D eigenvalue weighted by molar-refractivity contribution is -0.112. The van der Waals surface area contributed by atoms with Gasteiger partial charge in [-0.15, -0.1) is 0 Å². The normalized spacial score (nSPS) is 10.7. The van der Waals surface area contributed by atoms with Crippen LogP contribution in [-0.2, 0) is 14.3 Å². The van der Waals surface area contributed by atoms with Crippen LogP contribution in [0.15, 0.2) is 36.0 Å². The van der Waals surface area contributed by atoms with Gasteiger partial charge in [0.1, 0.15) is 11.6 Å². The van der Waals surface area contributed by atoms with Crippen LogP contribution in [0.3, 0.4) is 0 Å². The second kappa shape index (κ2) is 11.6. The fourth-order valence-electron chi connectivity index (χ4n) is 1.91. The van der Waals surface area contributed by atoms with Crippen molar-refractivity contribution >= 4 is 17.6 Å². The number of nitrogens with zero attached hydrogens (tertiary/aromatic N) is 1. The first-order valence-corrected chi connectivity index (χ1v) is 8.12. The molecule has 7 nitrogen and oxygen atoms in total. The predicted octanol–water partition coefficient (Wildman–Crippen LogP) is 2.23. The molecule has 1 aromatic rings. The molecule has 0 unspecified atom stereocenters. The highest BCUT2D eigenvalue weighted by atomic mass is 16.5. The molecule has 134 valence electrons. The van der Waals surface area contributed by atoms with Crippen molar-refractivity contribution in [3.63, 3.8) is 0 Å². The van der Waals surface area contributed by atoms with Gasteiger partial charge >= 0.3 is 5.97 Å². The lowest BCUT2D eigenvalue weighted by Gasteiger charge is -2.10. The van der Waals surface area contributed by atoms with Gasteiger partial charge in [0.15, 0.2) is 0 Å². The molecule has 25 heavy (non-hydrogen) atoms. The molecule has 0 atom stereocenters. The molecular weight excluding hydrogens is 322 g/mol. The summed E-state index contributed by atoms with van der Waals surface area (Å²) in [7, 11) is 0. The van der Waals surface area contributed by atoms with Gasteiger partial charge in [0.25, 0.3) is 5.91 Å². The van der Waals surface area contributed by atoms with E-state index in [1.807, 2.05) is 13.0 Å². The van der Waals surface area contributed by atoms with Crippen molar-refractivity contribution < 1.29 is 19.1 Å². The van der Waals surface area contributed by atoms with Crippen molar-refractivity contribution in [2.24, 2.45) is 0 Å². The number of hydrogen-bond donors (Lipinski definition) is 2. The molecule has 0 aliphatic heterocycles. The van der Waals surface area contributed by atoms with Gasteiger partial charge in [-0.2, -0.15) is 5.26 Å². The lowest BCUT2D eigenvalue weighted by atomic mass is 10.1. The Balaban J connectivity index is 2.70. The van der Waals surface area contributed by atoms with Crippen LogP contribution in [0.5, 0.6) is 0 Å². The van der Waals surface area contributed by atoms with Gasteiger partial charge in [-0.3, -0.25) is 4.79 Å². The fourth-order valence-corrected chi connectivity index (χ4v) is 1.91. The van der Waals surface area contributed by atoms with Gasteiger partial charge in [-0.05, 0) is 32.4 Å². The second-order valence-corrected chi connectivity index (χ2v) is 4.89. The Morgan fingerprint density at radius 3 is 2.68 bits per heavy atom. The van der Waals surface area contributed by atoms with E-state index in [9.17, 15) is 9.59 Å². The highest BCUT2D eigenvalue weighted by Gasteiger charge is 2.16. The highest BCUT2D eigenvalue weighted by Crippen LogP contribution is 2.17. The Bertz CT molecular complexity index is 650. The van der Waals surface area contributed by atoms with Crippen molar-refractivity contribution in [2.75, 3.05) is 31.7 Å².